The zero-order valence-electron chi connectivity index (χ0n) is 10.0. The van der Waals surface area contributed by atoms with Crippen LogP contribution < -0.4 is 5.32 Å². The second-order valence-electron chi connectivity index (χ2n) is 4.31. The standard InChI is InChI=1S/C13H17ClFNO/c1-9(2)12(6-7-14)16-13(17)10-4-3-5-11(15)8-10/h3-5,8-9,12H,6-7H2,1-2H3,(H,16,17). The molecule has 2 nitrogen and oxygen atoms in total. The Hall–Kier alpha value is -1.09. The summed E-state index contributed by atoms with van der Waals surface area (Å²) in [6.45, 7) is 4.03. The number of benzene rings is 1. The van der Waals surface area contributed by atoms with Gasteiger partial charge >= 0.3 is 0 Å². The van der Waals surface area contributed by atoms with Crippen LogP contribution in [0.3, 0.4) is 0 Å². The Bertz CT molecular complexity index is 381. The van der Waals surface area contributed by atoms with Crippen molar-refractivity contribution < 1.29 is 9.18 Å². The highest BCUT2D eigenvalue weighted by Gasteiger charge is 2.16. The van der Waals surface area contributed by atoms with E-state index < -0.39 is 5.82 Å². The van der Waals surface area contributed by atoms with E-state index in [1.165, 1.54) is 18.2 Å². The summed E-state index contributed by atoms with van der Waals surface area (Å²) in [6, 6.07) is 5.68. The van der Waals surface area contributed by atoms with E-state index in [1.54, 1.807) is 6.07 Å². The van der Waals surface area contributed by atoms with Gasteiger partial charge in [-0.3, -0.25) is 4.79 Å². The molecular weight excluding hydrogens is 241 g/mol. The molecule has 1 atom stereocenters. The molecule has 1 amide bonds. The highest BCUT2D eigenvalue weighted by atomic mass is 35.5. The lowest BCUT2D eigenvalue weighted by atomic mass is 10.0. The Morgan fingerprint density at radius 2 is 2.18 bits per heavy atom. The minimum absolute atomic E-state index is 0.0169. The molecule has 4 heteroatoms. The van der Waals surface area contributed by atoms with Gasteiger partial charge in [-0.25, -0.2) is 4.39 Å². The van der Waals surface area contributed by atoms with Crippen LogP contribution in [0.5, 0.6) is 0 Å². The molecule has 0 aliphatic rings. The third-order valence-electron chi connectivity index (χ3n) is 2.63. The normalized spacial score (nSPS) is 12.5. The van der Waals surface area contributed by atoms with Crippen molar-refractivity contribution in [3.8, 4) is 0 Å². The lowest BCUT2D eigenvalue weighted by Gasteiger charge is -2.21. The zero-order valence-corrected chi connectivity index (χ0v) is 10.8. The molecule has 0 aromatic heterocycles. The molecule has 0 bridgehead atoms. The van der Waals surface area contributed by atoms with Gasteiger partial charge in [0.05, 0.1) is 0 Å². The van der Waals surface area contributed by atoms with E-state index in [2.05, 4.69) is 5.32 Å². The quantitative estimate of drug-likeness (QED) is 0.807. The number of hydrogen-bond acceptors (Lipinski definition) is 1. The van der Waals surface area contributed by atoms with Crippen molar-refractivity contribution >= 4 is 17.5 Å². The van der Waals surface area contributed by atoms with E-state index in [1.807, 2.05) is 13.8 Å². The van der Waals surface area contributed by atoms with Crippen LogP contribution in [0.4, 0.5) is 4.39 Å². The molecule has 1 aromatic rings. The summed E-state index contributed by atoms with van der Waals surface area (Å²) in [5.74, 6) is 0.127. The van der Waals surface area contributed by atoms with Crippen molar-refractivity contribution in [3.63, 3.8) is 0 Å². The van der Waals surface area contributed by atoms with Crippen LogP contribution in [0.15, 0.2) is 24.3 Å². The monoisotopic (exact) mass is 257 g/mol. The highest BCUT2D eigenvalue weighted by molar-refractivity contribution is 6.17. The maximum atomic E-state index is 13.0. The van der Waals surface area contributed by atoms with Gasteiger partial charge in [0.25, 0.3) is 5.91 Å². The van der Waals surface area contributed by atoms with Crippen molar-refractivity contribution in [1.29, 1.82) is 0 Å². The van der Waals surface area contributed by atoms with E-state index in [9.17, 15) is 9.18 Å². The number of halogens is 2. The number of hydrogen-bond donors (Lipinski definition) is 1. The van der Waals surface area contributed by atoms with Crippen molar-refractivity contribution in [1.82, 2.24) is 5.32 Å². The Morgan fingerprint density at radius 1 is 1.47 bits per heavy atom. The van der Waals surface area contributed by atoms with Crippen molar-refractivity contribution in [3.05, 3.63) is 35.6 Å². The number of nitrogens with one attached hydrogen (secondary N) is 1. The van der Waals surface area contributed by atoms with E-state index in [0.717, 1.165) is 0 Å². The first-order valence-corrected chi connectivity index (χ1v) is 6.20. The third kappa shape index (κ3) is 4.35. The Balaban J connectivity index is 2.70. The third-order valence-corrected chi connectivity index (χ3v) is 2.85. The molecule has 94 valence electrons. The van der Waals surface area contributed by atoms with Gasteiger partial charge in [0.1, 0.15) is 5.82 Å². The van der Waals surface area contributed by atoms with Gasteiger partial charge in [-0.2, -0.15) is 0 Å². The van der Waals surface area contributed by atoms with E-state index in [4.69, 9.17) is 11.6 Å². The van der Waals surface area contributed by atoms with Crippen LogP contribution in [0, 0.1) is 11.7 Å². The van der Waals surface area contributed by atoms with Gasteiger partial charge in [0.2, 0.25) is 0 Å². The number of alkyl halides is 1. The van der Waals surface area contributed by atoms with Crippen LogP contribution in [-0.2, 0) is 0 Å². The Morgan fingerprint density at radius 3 is 2.71 bits per heavy atom. The molecule has 1 rings (SSSR count). The minimum atomic E-state index is -0.406. The summed E-state index contributed by atoms with van der Waals surface area (Å²) >= 11 is 5.68. The van der Waals surface area contributed by atoms with Gasteiger partial charge in [0, 0.05) is 17.5 Å². The Labute approximate surface area is 106 Å². The number of rotatable bonds is 5. The average molecular weight is 258 g/mol. The molecule has 0 aliphatic carbocycles. The molecule has 0 fully saturated rings. The van der Waals surface area contributed by atoms with E-state index in [-0.39, 0.29) is 11.9 Å². The second kappa shape index (κ2) is 6.60. The lowest BCUT2D eigenvalue weighted by Crippen LogP contribution is -2.38. The summed E-state index contributed by atoms with van der Waals surface area (Å²) in [6.07, 6.45) is 0.709. The second-order valence-corrected chi connectivity index (χ2v) is 4.69. The van der Waals surface area contributed by atoms with Crippen LogP contribution in [0.25, 0.3) is 0 Å². The largest absolute Gasteiger partial charge is 0.349 e. The first-order valence-electron chi connectivity index (χ1n) is 5.67. The molecule has 0 radical (unpaired) electrons. The predicted octanol–water partition coefficient (Wildman–Crippen LogP) is 3.21. The van der Waals surface area contributed by atoms with Crippen LogP contribution in [0.2, 0.25) is 0 Å². The maximum absolute atomic E-state index is 13.0. The zero-order chi connectivity index (χ0) is 12.8. The molecule has 0 spiro atoms. The number of carbonyl (C=O) groups excluding carboxylic acids is 1. The van der Waals surface area contributed by atoms with Crippen molar-refractivity contribution in [2.24, 2.45) is 5.92 Å². The average Bonchev–Trinajstić information content (AvgIpc) is 2.28. The molecule has 1 unspecified atom stereocenters. The molecular formula is C13H17ClFNO. The fraction of sp³-hybridized carbons (Fsp3) is 0.462. The SMILES string of the molecule is CC(C)C(CCCl)NC(=O)c1cccc(F)c1. The summed E-state index contributed by atoms with van der Waals surface area (Å²) in [5.41, 5.74) is 0.338. The van der Waals surface area contributed by atoms with Crippen LogP contribution >= 0.6 is 11.6 Å². The molecule has 0 saturated carbocycles. The van der Waals surface area contributed by atoms with Gasteiger partial charge in [-0.15, -0.1) is 11.6 Å². The first-order chi connectivity index (χ1) is 8.04. The fourth-order valence-electron chi connectivity index (χ4n) is 1.57. The molecule has 0 aliphatic heterocycles. The molecule has 1 aromatic carbocycles. The smallest absolute Gasteiger partial charge is 0.251 e. The fourth-order valence-corrected chi connectivity index (χ4v) is 1.81. The topological polar surface area (TPSA) is 29.1 Å². The lowest BCUT2D eigenvalue weighted by molar-refractivity contribution is 0.0924. The van der Waals surface area contributed by atoms with Crippen molar-refractivity contribution in [2.45, 2.75) is 26.3 Å². The maximum Gasteiger partial charge on any atom is 0.251 e. The van der Waals surface area contributed by atoms with Gasteiger partial charge in [-0.1, -0.05) is 19.9 Å². The summed E-state index contributed by atoms with van der Waals surface area (Å²) < 4.78 is 13.0. The summed E-state index contributed by atoms with van der Waals surface area (Å²) in [4.78, 5) is 11.9. The predicted molar refractivity (Wildman–Crippen MR) is 67.8 cm³/mol. The molecule has 17 heavy (non-hydrogen) atoms. The van der Waals surface area contributed by atoms with Gasteiger partial charge in [0.15, 0.2) is 0 Å². The van der Waals surface area contributed by atoms with Gasteiger partial charge in [-0.05, 0) is 30.5 Å². The number of amides is 1. The number of carbonyl (C=O) groups is 1. The van der Waals surface area contributed by atoms with Crippen molar-refractivity contribution in [2.75, 3.05) is 5.88 Å². The van der Waals surface area contributed by atoms with E-state index in [0.29, 0.717) is 23.8 Å². The summed E-state index contributed by atoms with van der Waals surface area (Å²) in [5, 5.41) is 2.87. The Kier molecular flexibility index (Phi) is 5.42. The highest BCUT2D eigenvalue weighted by Crippen LogP contribution is 2.09. The minimum Gasteiger partial charge on any atom is -0.349 e. The van der Waals surface area contributed by atoms with Crippen LogP contribution in [0.1, 0.15) is 30.6 Å². The first kappa shape index (κ1) is 14.0. The molecule has 0 heterocycles. The van der Waals surface area contributed by atoms with Crippen LogP contribution in [-0.4, -0.2) is 17.8 Å². The van der Waals surface area contributed by atoms with E-state index >= 15 is 0 Å². The molecule has 0 saturated heterocycles. The molecule has 1 N–H and O–H groups in total. The summed E-state index contributed by atoms with van der Waals surface area (Å²) in [7, 11) is 0. The van der Waals surface area contributed by atoms with Gasteiger partial charge < -0.3 is 5.32 Å².